The second-order valence-corrected chi connectivity index (χ2v) is 8.54. The number of amides is 1. The summed E-state index contributed by atoms with van der Waals surface area (Å²) in [7, 11) is 0. The fourth-order valence-electron chi connectivity index (χ4n) is 2.40. The molecule has 0 spiro atoms. The summed E-state index contributed by atoms with van der Waals surface area (Å²) < 4.78 is 1.13. The largest absolute Gasteiger partial charge is 0.327 e. The molecule has 6 heteroatoms. The molecule has 2 N–H and O–H groups in total. The Morgan fingerprint density at radius 3 is 2.72 bits per heavy atom. The van der Waals surface area contributed by atoms with E-state index in [0.29, 0.717) is 6.42 Å². The molecule has 2 unspecified atom stereocenters. The molecule has 1 amide bonds. The predicted molar refractivity (Wildman–Crippen MR) is 81.4 cm³/mol. The van der Waals surface area contributed by atoms with Crippen molar-refractivity contribution in [3.05, 3.63) is 14.1 Å². The minimum atomic E-state index is -0.225. The maximum atomic E-state index is 12.2. The molecule has 18 heavy (non-hydrogen) atoms. The number of carbonyl (C=O) groups is 1. The normalized spacial score (nSPS) is 25.6. The third-order valence-electron chi connectivity index (χ3n) is 3.12. The van der Waals surface area contributed by atoms with Crippen LogP contribution in [0.3, 0.4) is 0 Å². The number of nitrogens with two attached hydrogens (primary N) is 1. The lowest BCUT2D eigenvalue weighted by Crippen LogP contribution is -2.56. The lowest BCUT2D eigenvalue weighted by atomic mass is 9.91. The summed E-state index contributed by atoms with van der Waals surface area (Å²) in [6.07, 6.45) is 3.12. The van der Waals surface area contributed by atoms with Gasteiger partial charge in [0.2, 0.25) is 5.91 Å². The molecule has 1 aliphatic rings. The standard InChI is InChI=1S/C12H18IN3OS/c1-12(2,3)16-9(17)5-4-7(14)10(16)11-15-6-8(13)18-11/h6-7,10H,4-5,14H2,1-3H3. The van der Waals surface area contributed by atoms with Gasteiger partial charge in [-0.1, -0.05) is 0 Å². The van der Waals surface area contributed by atoms with Gasteiger partial charge in [0.05, 0.1) is 15.1 Å². The number of carbonyl (C=O) groups excluding carboxylic acids is 1. The molecule has 1 aromatic heterocycles. The first kappa shape index (κ1) is 14.2. The Hall–Kier alpha value is -0.210. The van der Waals surface area contributed by atoms with Crippen LogP contribution in [0.25, 0.3) is 0 Å². The van der Waals surface area contributed by atoms with E-state index in [1.54, 1.807) is 11.3 Å². The highest BCUT2D eigenvalue weighted by atomic mass is 127. The van der Waals surface area contributed by atoms with Crippen LogP contribution in [0.5, 0.6) is 0 Å². The van der Waals surface area contributed by atoms with Crippen molar-refractivity contribution >= 4 is 39.8 Å². The molecule has 1 saturated heterocycles. The number of piperidine rings is 1. The summed E-state index contributed by atoms with van der Waals surface area (Å²) in [5, 5.41) is 0.954. The second-order valence-electron chi connectivity index (χ2n) is 5.58. The summed E-state index contributed by atoms with van der Waals surface area (Å²) in [5.41, 5.74) is 6.01. The minimum absolute atomic E-state index is 0.0242. The van der Waals surface area contributed by atoms with Crippen molar-refractivity contribution in [2.45, 2.75) is 51.2 Å². The van der Waals surface area contributed by atoms with Gasteiger partial charge in [0.1, 0.15) is 5.01 Å². The van der Waals surface area contributed by atoms with Crippen LogP contribution < -0.4 is 5.73 Å². The quantitative estimate of drug-likeness (QED) is 0.763. The molecule has 100 valence electrons. The lowest BCUT2D eigenvalue weighted by Gasteiger charge is -2.46. The Bertz CT molecular complexity index is 454. The Morgan fingerprint density at radius 1 is 1.56 bits per heavy atom. The Labute approximate surface area is 125 Å². The first-order valence-corrected chi connectivity index (χ1v) is 7.89. The number of hydrogen-bond acceptors (Lipinski definition) is 4. The van der Waals surface area contributed by atoms with E-state index in [1.165, 1.54) is 0 Å². The molecule has 2 rings (SSSR count). The van der Waals surface area contributed by atoms with Gasteiger partial charge in [0.25, 0.3) is 0 Å². The summed E-state index contributed by atoms with van der Waals surface area (Å²) >= 11 is 3.87. The summed E-state index contributed by atoms with van der Waals surface area (Å²) in [6, 6.07) is -0.108. The van der Waals surface area contributed by atoms with Crippen LogP contribution in [0, 0.1) is 2.88 Å². The Morgan fingerprint density at radius 2 is 2.22 bits per heavy atom. The zero-order valence-electron chi connectivity index (χ0n) is 10.8. The van der Waals surface area contributed by atoms with Crippen molar-refractivity contribution < 1.29 is 4.79 Å². The van der Waals surface area contributed by atoms with Crippen LogP contribution in [0.4, 0.5) is 0 Å². The average molecular weight is 379 g/mol. The van der Waals surface area contributed by atoms with E-state index < -0.39 is 0 Å². The van der Waals surface area contributed by atoms with Gasteiger partial charge in [-0.2, -0.15) is 0 Å². The topological polar surface area (TPSA) is 59.2 Å². The van der Waals surface area contributed by atoms with Crippen molar-refractivity contribution in [2.75, 3.05) is 0 Å². The van der Waals surface area contributed by atoms with Gasteiger partial charge in [0, 0.05) is 18.0 Å². The molecular weight excluding hydrogens is 361 g/mol. The molecule has 2 heterocycles. The van der Waals surface area contributed by atoms with Gasteiger partial charge < -0.3 is 10.6 Å². The monoisotopic (exact) mass is 379 g/mol. The fraction of sp³-hybridized carbons (Fsp3) is 0.667. The van der Waals surface area contributed by atoms with Gasteiger partial charge >= 0.3 is 0 Å². The van der Waals surface area contributed by atoms with Crippen LogP contribution in [-0.2, 0) is 4.79 Å². The van der Waals surface area contributed by atoms with Gasteiger partial charge in [-0.15, -0.1) is 11.3 Å². The molecule has 2 atom stereocenters. The maximum absolute atomic E-state index is 12.2. The number of nitrogens with zero attached hydrogens (tertiary/aromatic N) is 2. The van der Waals surface area contributed by atoms with Crippen molar-refractivity contribution in [3.8, 4) is 0 Å². The first-order valence-electron chi connectivity index (χ1n) is 5.99. The molecule has 0 saturated carbocycles. The predicted octanol–water partition coefficient (Wildman–Crippen LogP) is 2.54. The van der Waals surface area contributed by atoms with Crippen molar-refractivity contribution in [1.82, 2.24) is 9.88 Å². The third kappa shape index (κ3) is 2.70. The first-order chi connectivity index (χ1) is 8.30. The van der Waals surface area contributed by atoms with Crippen LogP contribution in [0.2, 0.25) is 0 Å². The van der Waals surface area contributed by atoms with E-state index in [-0.39, 0.29) is 23.5 Å². The molecular formula is C12H18IN3OS. The molecule has 4 nitrogen and oxygen atoms in total. The number of likely N-dealkylation sites (tertiary alicyclic amines) is 1. The van der Waals surface area contributed by atoms with E-state index in [1.807, 2.05) is 11.1 Å². The molecule has 1 aliphatic heterocycles. The van der Waals surface area contributed by atoms with Crippen molar-refractivity contribution in [2.24, 2.45) is 5.73 Å². The zero-order valence-corrected chi connectivity index (χ0v) is 13.8. The Balaban J connectivity index is 2.41. The van der Waals surface area contributed by atoms with Crippen LogP contribution in [0.15, 0.2) is 6.20 Å². The summed E-state index contributed by atoms with van der Waals surface area (Å²) in [6.45, 7) is 6.15. The number of rotatable bonds is 1. The third-order valence-corrected chi connectivity index (χ3v) is 4.91. The zero-order chi connectivity index (χ0) is 13.5. The van der Waals surface area contributed by atoms with Crippen molar-refractivity contribution in [3.63, 3.8) is 0 Å². The molecule has 0 bridgehead atoms. The van der Waals surface area contributed by atoms with Crippen LogP contribution in [0.1, 0.15) is 44.7 Å². The van der Waals surface area contributed by atoms with Gasteiger partial charge in [-0.25, -0.2) is 4.98 Å². The highest BCUT2D eigenvalue weighted by Crippen LogP contribution is 2.37. The van der Waals surface area contributed by atoms with E-state index in [0.717, 1.165) is 14.3 Å². The minimum Gasteiger partial charge on any atom is -0.327 e. The van der Waals surface area contributed by atoms with E-state index in [2.05, 4.69) is 48.3 Å². The highest BCUT2D eigenvalue weighted by Gasteiger charge is 2.42. The van der Waals surface area contributed by atoms with E-state index in [9.17, 15) is 4.79 Å². The van der Waals surface area contributed by atoms with Crippen LogP contribution >= 0.6 is 33.9 Å². The number of halogens is 1. The number of hydrogen-bond donors (Lipinski definition) is 1. The molecule has 0 aliphatic carbocycles. The fourth-order valence-corrected chi connectivity index (χ4v) is 4.03. The molecule has 1 aromatic rings. The van der Waals surface area contributed by atoms with E-state index >= 15 is 0 Å². The molecule has 0 aromatic carbocycles. The summed E-state index contributed by atoms with van der Waals surface area (Å²) in [5.74, 6) is 0.180. The van der Waals surface area contributed by atoms with Gasteiger partial charge in [-0.3, -0.25) is 4.79 Å². The SMILES string of the molecule is CC(C)(C)N1C(=O)CCC(N)C1c1ncc(I)s1. The van der Waals surface area contributed by atoms with Crippen molar-refractivity contribution in [1.29, 1.82) is 0 Å². The number of aromatic nitrogens is 1. The lowest BCUT2D eigenvalue weighted by molar-refractivity contribution is -0.144. The second kappa shape index (κ2) is 5.05. The number of thiazole rings is 1. The smallest absolute Gasteiger partial charge is 0.223 e. The van der Waals surface area contributed by atoms with E-state index in [4.69, 9.17) is 5.73 Å². The highest BCUT2D eigenvalue weighted by molar-refractivity contribution is 14.1. The maximum Gasteiger partial charge on any atom is 0.223 e. The summed E-state index contributed by atoms with van der Waals surface area (Å²) in [4.78, 5) is 18.6. The Kier molecular flexibility index (Phi) is 3.99. The molecule has 1 fully saturated rings. The molecule has 0 radical (unpaired) electrons. The van der Waals surface area contributed by atoms with Crippen LogP contribution in [-0.4, -0.2) is 27.4 Å². The van der Waals surface area contributed by atoms with Gasteiger partial charge in [-0.05, 0) is 49.8 Å². The average Bonchev–Trinajstić information content (AvgIpc) is 2.66. The van der Waals surface area contributed by atoms with Gasteiger partial charge in [0.15, 0.2) is 0 Å².